The summed E-state index contributed by atoms with van der Waals surface area (Å²) in [5, 5.41) is 2.87. The topological polar surface area (TPSA) is 64.1 Å². The number of rotatable bonds is 6. The summed E-state index contributed by atoms with van der Waals surface area (Å²) in [5.74, 6) is 0.523. The summed E-state index contributed by atoms with van der Waals surface area (Å²) in [6, 6.07) is 14.7. The smallest absolute Gasteiger partial charge is 0.270 e. The molecule has 1 amide bonds. The Balaban J connectivity index is 1.67. The molecule has 0 saturated heterocycles. The lowest BCUT2D eigenvalue weighted by Crippen LogP contribution is -2.23. The molecule has 5 heteroatoms. The summed E-state index contributed by atoms with van der Waals surface area (Å²) in [6.45, 7) is 4.47. The number of aromatic nitrogens is 2. The first-order valence-electron chi connectivity index (χ1n) is 7.59. The van der Waals surface area contributed by atoms with Crippen molar-refractivity contribution in [3.63, 3.8) is 0 Å². The van der Waals surface area contributed by atoms with E-state index in [-0.39, 0.29) is 5.91 Å². The Labute approximate surface area is 140 Å². The average Bonchev–Trinajstić information content (AvgIpc) is 2.64. The molecule has 2 aromatic heterocycles. The van der Waals surface area contributed by atoms with Crippen molar-refractivity contribution < 1.29 is 9.53 Å². The van der Waals surface area contributed by atoms with Crippen LogP contribution >= 0.6 is 0 Å². The number of pyridine rings is 2. The molecule has 1 aromatic carbocycles. The first-order valence-corrected chi connectivity index (χ1v) is 7.59. The van der Waals surface area contributed by atoms with Gasteiger partial charge in [0, 0.05) is 12.7 Å². The van der Waals surface area contributed by atoms with Gasteiger partial charge in [-0.3, -0.25) is 9.78 Å². The summed E-state index contributed by atoms with van der Waals surface area (Å²) >= 11 is 0. The number of amides is 1. The highest BCUT2D eigenvalue weighted by atomic mass is 16.5. The van der Waals surface area contributed by atoms with Crippen LogP contribution in [0.4, 0.5) is 0 Å². The van der Waals surface area contributed by atoms with Gasteiger partial charge in [-0.15, -0.1) is 0 Å². The van der Waals surface area contributed by atoms with Gasteiger partial charge in [-0.2, -0.15) is 0 Å². The van der Waals surface area contributed by atoms with E-state index in [1.54, 1.807) is 30.5 Å². The molecular formula is C19H17N3O2. The van der Waals surface area contributed by atoms with Gasteiger partial charge in [-0.05, 0) is 42.0 Å². The largest absolute Gasteiger partial charge is 0.490 e. The van der Waals surface area contributed by atoms with Crippen LogP contribution in [0, 0.1) is 0 Å². The lowest BCUT2D eigenvalue weighted by molar-refractivity contribution is 0.0946. The number of carbonyl (C=O) groups is 1. The Morgan fingerprint density at radius 1 is 1.17 bits per heavy atom. The molecule has 5 nitrogen and oxygen atoms in total. The van der Waals surface area contributed by atoms with E-state index in [4.69, 9.17) is 4.74 Å². The van der Waals surface area contributed by atoms with Crippen molar-refractivity contribution >= 4 is 16.9 Å². The fourth-order valence-electron chi connectivity index (χ4n) is 2.26. The highest BCUT2D eigenvalue weighted by Gasteiger charge is 2.08. The third-order valence-corrected chi connectivity index (χ3v) is 3.41. The Hall–Kier alpha value is -3.21. The van der Waals surface area contributed by atoms with Crippen molar-refractivity contribution in [3.05, 3.63) is 78.6 Å². The number of benzene rings is 1. The van der Waals surface area contributed by atoms with Crippen LogP contribution in [0.25, 0.3) is 11.0 Å². The highest BCUT2D eigenvalue weighted by Crippen LogP contribution is 2.14. The van der Waals surface area contributed by atoms with Gasteiger partial charge in [0.05, 0.1) is 11.0 Å². The van der Waals surface area contributed by atoms with Crippen LogP contribution in [0.3, 0.4) is 0 Å². The Morgan fingerprint density at radius 3 is 2.96 bits per heavy atom. The normalized spacial score (nSPS) is 10.3. The van der Waals surface area contributed by atoms with Crippen LogP contribution in [0.5, 0.6) is 5.75 Å². The zero-order chi connectivity index (χ0) is 16.8. The summed E-state index contributed by atoms with van der Waals surface area (Å²) in [5.41, 5.74) is 2.79. The molecule has 0 spiro atoms. The molecule has 24 heavy (non-hydrogen) atoms. The predicted molar refractivity (Wildman–Crippen MR) is 92.8 cm³/mol. The molecule has 120 valence electrons. The van der Waals surface area contributed by atoms with Crippen LogP contribution in [0.1, 0.15) is 16.1 Å². The maximum absolute atomic E-state index is 12.3. The Kier molecular flexibility index (Phi) is 4.81. The molecular weight excluding hydrogens is 302 g/mol. The Bertz CT molecular complexity index is 877. The molecule has 0 bridgehead atoms. The van der Waals surface area contributed by atoms with Gasteiger partial charge in [0.1, 0.15) is 18.1 Å². The molecule has 0 unspecified atom stereocenters. The van der Waals surface area contributed by atoms with Gasteiger partial charge in [0.2, 0.25) is 0 Å². The molecule has 0 aliphatic rings. The standard InChI is InChI=1S/C19H17N3O2/c1-2-11-24-15-6-3-5-14(12-15)13-21-19(23)18-9-8-16-17(22-18)7-4-10-20-16/h2-10,12H,1,11,13H2,(H,21,23). The number of nitrogens with zero attached hydrogens (tertiary/aromatic N) is 2. The van der Waals surface area contributed by atoms with Crippen LogP contribution in [-0.2, 0) is 6.54 Å². The molecule has 0 saturated carbocycles. The molecule has 3 aromatic rings. The molecule has 2 heterocycles. The Morgan fingerprint density at radius 2 is 2.08 bits per heavy atom. The van der Waals surface area contributed by atoms with Crippen molar-refractivity contribution in [1.82, 2.24) is 15.3 Å². The lowest BCUT2D eigenvalue weighted by Gasteiger charge is -2.08. The van der Waals surface area contributed by atoms with Crippen molar-refractivity contribution in [2.75, 3.05) is 6.61 Å². The second-order valence-electron chi connectivity index (χ2n) is 5.17. The third kappa shape index (κ3) is 3.76. The van der Waals surface area contributed by atoms with Gasteiger partial charge in [-0.1, -0.05) is 24.8 Å². The first kappa shape index (κ1) is 15.7. The second kappa shape index (κ2) is 7.37. The molecule has 0 atom stereocenters. The predicted octanol–water partition coefficient (Wildman–Crippen LogP) is 3.12. The van der Waals surface area contributed by atoms with Crippen LogP contribution in [0.15, 0.2) is 67.4 Å². The average molecular weight is 319 g/mol. The van der Waals surface area contributed by atoms with Gasteiger partial charge in [-0.25, -0.2) is 4.98 Å². The molecule has 0 radical (unpaired) electrons. The summed E-state index contributed by atoms with van der Waals surface area (Å²) < 4.78 is 5.49. The minimum atomic E-state index is -0.224. The van der Waals surface area contributed by atoms with E-state index in [9.17, 15) is 4.79 Å². The van der Waals surface area contributed by atoms with Crippen molar-refractivity contribution in [3.8, 4) is 5.75 Å². The number of hydrogen-bond acceptors (Lipinski definition) is 4. The van der Waals surface area contributed by atoms with Crippen molar-refractivity contribution in [2.45, 2.75) is 6.54 Å². The fourth-order valence-corrected chi connectivity index (χ4v) is 2.26. The van der Waals surface area contributed by atoms with E-state index in [0.717, 1.165) is 16.8 Å². The van der Waals surface area contributed by atoms with Crippen LogP contribution in [0.2, 0.25) is 0 Å². The van der Waals surface area contributed by atoms with Crippen LogP contribution < -0.4 is 10.1 Å². The van der Waals surface area contributed by atoms with Crippen molar-refractivity contribution in [2.24, 2.45) is 0 Å². The second-order valence-corrected chi connectivity index (χ2v) is 5.17. The fraction of sp³-hybridized carbons (Fsp3) is 0.105. The molecule has 0 aliphatic heterocycles. The van der Waals surface area contributed by atoms with E-state index >= 15 is 0 Å². The van der Waals surface area contributed by atoms with E-state index in [2.05, 4.69) is 21.9 Å². The number of carbonyl (C=O) groups excluding carboxylic acids is 1. The number of ether oxygens (including phenoxy) is 1. The minimum absolute atomic E-state index is 0.224. The summed E-state index contributed by atoms with van der Waals surface area (Å²) in [7, 11) is 0. The molecule has 1 N–H and O–H groups in total. The number of hydrogen-bond donors (Lipinski definition) is 1. The van der Waals surface area contributed by atoms with E-state index in [1.165, 1.54) is 0 Å². The van der Waals surface area contributed by atoms with E-state index in [1.807, 2.05) is 30.3 Å². The monoisotopic (exact) mass is 319 g/mol. The summed E-state index contributed by atoms with van der Waals surface area (Å²) in [6.07, 6.45) is 3.39. The quantitative estimate of drug-likeness (QED) is 0.709. The molecule has 0 fully saturated rings. The first-order chi connectivity index (χ1) is 11.8. The maximum atomic E-state index is 12.3. The minimum Gasteiger partial charge on any atom is -0.490 e. The number of fused-ring (bicyclic) bond motifs is 1. The van der Waals surface area contributed by atoms with E-state index in [0.29, 0.717) is 24.4 Å². The zero-order valence-corrected chi connectivity index (χ0v) is 13.1. The SMILES string of the molecule is C=CCOc1cccc(CNC(=O)c2ccc3ncccc3n2)c1. The van der Waals surface area contributed by atoms with Gasteiger partial charge >= 0.3 is 0 Å². The maximum Gasteiger partial charge on any atom is 0.270 e. The molecule has 3 rings (SSSR count). The van der Waals surface area contributed by atoms with Gasteiger partial charge in [0.25, 0.3) is 5.91 Å². The zero-order valence-electron chi connectivity index (χ0n) is 13.1. The summed E-state index contributed by atoms with van der Waals surface area (Å²) in [4.78, 5) is 20.8. The number of nitrogens with one attached hydrogen (secondary N) is 1. The molecule has 0 aliphatic carbocycles. The van der Waals surface area contributed by atoms with Crippen LogP contribution in [-0.4, -0.2) is 22.5 Å². The van der Waals surface area contributed by atoms with E-state index < -0.39 is 0 Å². The van der Waals surface area contributed by atoms with Gasteiger partial charge < -0.3 is 10.1 Å². The van der Waals surface area contributed by atoms with Gasteiger partial charge in [0.15, 0.2) is 0 Å². The third-order valence-electron chi connectivity index (χ3n) is 3.41. The highest BCUT2D eigenvalue weighted by molar-refractivity contribution is 5.94. The lowest BCUT2D eigenvalue weighted by atomic mass is 10.2. The van der Waals surface area contributed by atoms with Crippen molar-refractivity contribution in [1.29, 1.82) is 0 Å².